The van der Waals surface area contributed by atoms with Gasteiger partial charge in [-0.2, -0.15) is 0 Å². The zero-order valence-electron chi connectivity index (χ0n) is 8.90. The highest BCUT2D eigenvalue weighted by Crippen LogP contribution is 2.31. The molecule has 0 atom stereocenters. The predicted molar refractivity (Wildman–Crippen MR) is 63.8 cm³/mol. The van der Waals surface area contributed by atoms with E-state index in [0.29, 0.717) is 11.1 Å². The lowest BCUT2D eigenvalue weighted by molar-refractivity contribution is 0.0444. The molecule has 1 aliphatic rings. The summed E-state index contributed by atoms with van der Waals surface area (Å²) in [5.41, 5.74) is 1.51. The van der Waals surface area contributed by atoms with Crippen LogP contribution in [0.1, 0.15) is 26.3 Å². The monoisotopic (exact) mass is 224 g/mol. The summed E-state index contributed by atoms with van der Waals surface area (Å²) in [7, 11) is 0. The molecule has 0 saturated heterocycles. The van der Waals surface area contributed by atoms with Crippen LogP contribution in [0.3, 0.4) is 0 Å². The molecule has 3 rings (SSSR count). The maximum atomic E-state index is 11.6. The Balaban J connectivity index is 2.53. The molecule has 1 heterocycles. The van der Waals surface area contributed by atoms with Crippen LogP contribution < -0.4 is 0 Å². The molecule has 0 N–H and O–H groups in total. The lowest BCUT2D eigenvalue weighted by atomic mass is 9.96. The Kier molecular flexibility index (Phi) is 1.89. The number of benzene rings is 2. The first kappa shape index (κ1) is 9.78. The standard InChI is InChI=1S/C14H8O3/c1-2-8-7-11-12(14(16)17-13(11)15)10-6-4-3-5-9(8)10/h2-7H,1H2. The predicted octanol–water partition coefficient (Wildman–Crippen LogP) is 2.79. The number of fused-ring (bicyclic) bond motifs is 3. The Hall–Kier alpha value is -2.42. The fourth-order valence-electron chi connectivity index (χ4n) is 2.14. The van der Waals surface area contributed by atoms with Crippen LogP contribution in [0.5, 0.6) is 0 Å². The molecule has 0 unspecified atom stereocenters. The molecule has 0 bridgehead atoms. The number of carbonyl (C=O) groups is 2. The topological polar surface area (TPSA) is 43.4 Å². The summed E-state index contributed by atoms with van der Waals surface area (Å²) < 4.78 is 4.63. The summed E-state index contributed by atoms with van der Waals surface area (Å²) in [6.45, 7) is 3.71. The third-order valence-electron chi connectivity index (χ3n) is 2.91. The summed E-state index contributed by atoms with van der Waals surface area (Å²) in [6.07, 6.45) is 1.67. The highest BCUT2D eigenvalue weighted by atomic mass is 16.6. The molecule has 0 spiro atoms. The summed E-state index contributed by atoms with van der Waals surface area (Å²) in [4.78, 5) is 23.1. The lowest BCUT2D eigenvalue weighted by Gasteiger charge is -2.05. The fourth-order valence-corrected chi connectivity index (χ4v) is 2.14. The average molecular weight is 224 g/mol. The number of ether oxygens (including phenoxy) is 1. The van der Waals surface area contributed by atoms with E-state index in [1.807, 2.05) is 18.2 Å². The van der Waals surface area contributed by atoms with Gasteiger partial charge in [0.1, 0.15) is 0 Å². The Bertz CT molecular complexity index is 683. The molecule has 0 amide bonds. The number of cyclic esters (lactones) is 2. The minimum absolute atomic E-state index is 0.323. The maximum absolute atomic E-state index is 11.6. The van der Waals surface area contributed by atoms with Crippen molar-refractivity contribution in [2.24, 2.45) is 0 Å². The van der Waals surface area contributed by atoms with Crippen LogP contribution >= 0.6 is 0 Å². The normalized spacial score (nSPS) is 13.6. The van der Waals surface area contributed by atoms with Crippen LogP contribution in [-0.4, -0.2) is 11.9 Å². The molecule has 3 heteroatoms. The zero-order valence-corrected chi connectivity index (χ0v) is 8.90. The molecule has 0 fully saturated rings. The van der Waals surface area contributed by atoms with Gasteiger partial charge in [0.15, 0.2) is 0 Å². The van der Waals surface area contributed by atoms with Crippen molar-refractivity contribution in [3.8, 4) is 0 Å². The van der Waals surface area contributed by atoms with Crippen molar-refractivity contribution in [3.63, 3.8) is 0 Å². The summed E-state index contributed by atoms with van der Waals surface area (Å²) >= 11 is 0. The van der Waals surface area contributed by atoms with E-state index < -0.39 is 11.9 Å². The number of rotatable bonds is 1. The third-order valence-corrected chi connectivity index (χ3v) is 2.91. The van der Waals surface area contributed by atoms with Crippen LogP contribution in [0.25, 0.3) is 16.8 Å². The van der Waals surface area contributed by atoms with Crippen molar-refractivity contribution >= 4 is 28.8 Å². The molecular weight excluding hydrogens is 216 g/mol. The molecule has 0 aromatic heterocycles. The number of carbonyl (C=O) groups excluding carboxylic acids is 2. The van der Waals surface area contributed by atoms with Gasteiger partial charge in [-0.1, -0.05) is 36.9 Å². The van der Waals surface area contributed by atoms with Crippen LogP contribution in [0.2, 0.25) is 0 Å². The van der Waals surface area contributed by atoms with E-state index in [1.165, 1.54) is 0 Å². The van der Waals surface area contributed by atoms with E-state index in [4.69, 9.17) is 0 Å². The Morgan fingerprint density at radius 2 is 1.76 bits per heavy atom. The van der Waals surface area contributed by atoms with Crippen LogP contribution in [0.4, 0.5) is 0 Å². The SMILES string of the molecule is C=Cc1cc2c(c3ccccc13)C(=O)OC2=O. The van der Waals surface area contributed by atoms with Gasteiger partial charge in [-0.3, -0.25) is 0 Å². The molecule has 0 radical (unpaired) electrons. The van der Waals surface area contributed by atoms with Gasteiger partial charge in [0, 0.05) is 0 Å². The largest absolute Gasteiger partial charge is 0.386 e. The Labute approximate surface area is 97.3 Å². The molecule has 17 heavy (non-hydrogen) atoms. The smallest absolute Gasteiger partial charge is 0.347 e. The van der Waals surface area contributed by atoms with E-state index >= 15 is 0 Å². The summed E-state index contributed by atoms with van der Waals surface area (Å²) in [6, 6.07) is 9.05. The van der Waals surface area contributed by atoms with Crippen molar-refractivity contribution in [1.82, 2.24) is 0 Å². The van der Waals surface area contributed by atoms with E-state index in [1.54, 1.807) is 18.2 Å². The van der Waals surface area contributed by atoms with E-state index in [9.17, 15) is 9.59 Å². The molecule has 3 nitrogen and oxygen atoms in total. The van der Waals surface area contributed by atoms with Crippen LogP contribution in [0.15, 0.2) is 36.9 Å². The first-order valence-electron chi connectivity index (χ1n) is 5.17. The van der Waals surface area contributed by atoms with Gasteiger partial charge in [-0.15, -0.1) is 0 Å². The fraction of sp³-hybridized carbons (Fsp3) is 0. The molecule has 0 saturated carbocycles. The van der Waals surface area contributed by atoms with E-state index in [2.05, 4.69) is 11.3 Å². The quantitative estimate of drug-likeness (QED) is 0.552. The van der Waals surface area contributed by atoms with E-state index in [0.717, 1.165) is 16.3 Å². The highest BCUT2D eigenvalue weighted by Gasteiger charge is 2.32. The van der Waals surface area contributed by atoms with Gasteiger partial charge >= 0.3 is 11.9 Å². The first-order valence-corrected chi connectivity index (χ1v) is 5.17. The Morgan fingerprint density at radius 3 is 2.47 bits per heavy atom. The van der Waals surface area contributed by atoms with Gasteiger partial charge in [0.2, 0.25) is 0 Å². The van der Waals surface area contributed by atoms with Crippen molar-refractivity contribution in [2.45, 2.75) is 0 Å². The number of hydrogen-bond acceptors (Lipinski definition) is 3. The van der Waals surface area contributed by atoms with Crippen molar-refractivity contribution in [2.75, 3.05) is 0 Å². The van der Waals surface area contributed by atoms with Crippen molar-refractivity contribution in [3.05, 3.63) is 53.6 Å². The van der Waals surface area contributed by atoms with Gasteiger partial charge < -0.3 is 4.74 Å². The third kappa shape index (κ3) is 1.22. The lowest BCUT2D eigenvalue weighted by Crippen LogP contribution is -1.97. The second kappa shape index (κ2) is 3.28. The second-order valence-corrected chi connectivity index (χ2v) is 3.82. The molecule has 2 aromatic carbocycles. The zero-order chi connectivity index (χ0) is 12.0. The van der Waals surface area contributed by atoms with Crippen molar-refractivity contribution in [1.29, 1.82) is 0 Å². The van der Waals surface area contributed by atoms with Crippen LogP contribution in [-0.2, 0) is 4.74 Å². The average Bonchev–Trinajstić information content (AvgIpc) is 2.64. The molecule has 0 aliphatic carbocycles. The van der Waals surface area contributed by atoms with Gasteiger partial charge in [-0.25, -0.2) is 9.59 Å². The van der Waals surface area contributed by atoms with E-state index in [-0.39, 0.29) is 0 Å². The van der Waals surface area contributed by atoms with Crippen LogP contribution in [0, 0.1) is 0 Å². The molecule has 2 aromatic rings. The van der Waals surface area contributed by atoms with Gasteiger partial charge in [0.05, 0.1) is 11.1 Å². The number of hydrogen-bond donors (Lipinski definition) is 0. The minimum Gasteiger partial charge on any atom is -0.386 e. The van der Waals surface area contributed by atoms with Gasteiger partial charge in [0.25, 0.3) is 0 Å². The van der Waals surface area contributed by atoms with Crippen molar-refractivity contribution < 1.29 is 14.3 Å². The minimum atomic E-state index is -0.584. The maximum Gasteiger partial charge on any atom is 0.347 e. The highest BCUT2D eigenvalue weighted by molar-refractivity contribution is 6.22. The summed E-state index contributed by atoms with van der Waals surface area (Å²) in [5, 5.41) is 1.63. The summed E-state index contributed by atoms with van der Waals surface area (Å²) in [5.74, 6) is -1.16. The van der Waals surface area contributed by atoms with Gasteiger partial charge in [-0.05, 0) is 22.4 Å². The molecule has 82 valence electrons. The first-order chi connectivity index (χ1) is 8.22. The number of esters is 2. The Morgan fingerprint density at radius 1 is 1.06 bits per heavy atom. The molecular formula is C14H8O3. The molecule has 1 aliphatic heterocycles. The second-order valence-electron chi connectivity index (χ2n) is 3.82.